The third-order valence-electron chi connectivity index (χ3n) is 2.88. The van der Waals surface area contributed by atoms with Gasteiger partial charge in [-0.25, -0.2) is 0 Å². The van der Waals surface area contributed by atoms with Gasteiger partial charge in [0, 0.05) is 24.7 Å². The zero-order valence-corrected chi connectivity index (χ0v) is 10.9. The Balaban J connectivity index is 2.33. The Morgan fingerprint density at radius 2 is 2.06 bits per heavy atom. The van der Waals surface area contributed by atoms with Crippen molar-refractivity contribution in [2.45, 2.75) is 39.7 Å². The van der Waals surface area contributed by atoms with Gasteiger partial charge in [-0.2, -0.15) is 0 Å². The summed E-state index contributed by atoms with van der Waals surface area (Å²) in [6, 6.07) is 8.29. The van der Waals surface area contributed by atoms with Crippen LogP contribution in [0.15, 0.2) is 24.3 Å². The molecule has 1 unspecified atom stereocenters. The van der Waals surface area contributed by atoms with Gasteiger partial charge in [-0.05, 0) is 31.9 Å². The van der Waals surface area contributed by atoms with Gasteiger partial charge in [0.25, 0.3) is 0 Å². The molecule has 17 heavy (non-hydrogen) atoms. The van der Waals surface area contributed by atoms with Crippen molar-refractivity contribution in [2.75, 3.05) is 11.9 Å². The highest BCUT2D eigenvalue weighted by molar-refractivity contribution is 5.91. The van der Waals surface area contributed by atoms with Crippen LogP contribution in [-0.4, -0.2) is 18.5 Å². The van der Waals surface area contributed by atoms with Crippen LogP contribution in [0.5, 0.6) is 0 Å². The van der Waals surface area contributed by atoms with Crippen molar-refractivity contribution in [3.63, 3.8) is 0 Å². The zero-order valence-electron chi connectivity index (χ0n) is 10.9. The second kappa shape index (κ2) is 7.07. The van der Waals surface area contributed by atoms with Gasteiger partial charge in [0.2, 0.25) is 5.91 Å². The number of aryl methyl sites for hydroxylation is 1. The van der Waals surface area contributed by atoms with Gasteiger partial charge in [0.1, 0.15) is 0 Å². The number of benzene rings is 1. The van der Waals surface area contributed by atoms with Gasteiger partial charge < -0.3 is 10.6 Å². The molecule has 0 saturated carbocycles. The zero-order chi connectivity index (χ0) is 12.7. The fourth-order valence-corrected chi connectivity index (χ4v) is 1.50. The molecule has 1 aromatic carbocycles. The molecule has 0 aliphatic heterocycles. The van der Waals surface area contributed by atoms with Crippen LogP contribution in [0.25, 0.3) is 0 Å². The number of nitrogens with one attached hydrogen (secondary N) is 2. The first-order valence-electron chi connectivity index (χ1n) is 6.22. The normalized spacial score (nSPS) is 12.2. The second-order valence-electron chi connectivity index (χ2n) is 4.38. The number of anilines is 1. The monoisotopic (exact) mass is 234 g/mol. The van der Waals surface area contributed by atoms with Crippen LogP contribution in [0, 0.1) is 6.92 Å². The van der Waals surface area contributed by atoms with Crippen LogP contribution in [-0.2, 0) is 4.79 Å². The molecule has 0 radical (unpaired) electrons. The fourth-order valence-electron chi connectivity index (χ4n) is 1.50. The quantitative estimate of drug-likeness (QED) is 0.794. The van der Waals surface area contributed by atoms with E-state index in [0.717, 1.165) is 24.2 Å². The Bertz CT molecular complexity index is 363. The van der Waals surface area contributed by atoms with Gasteiger partial charge in [0.15, 0.2) is 0 Å². The lowest BCUT2D eigenvalue weighted by atomic mass is 10.2. The molecule has 1 atom stereocenters. The Kier molecular flexibility index (Phi) is 5.70. The molecule has 94 valence electrons. The molecule has 0 aliphatic carbocycles. The third-order valence-corrected chi connectivity index (χ3v) is 2.88. The fraction of sp³-hybridized carbons (Fsp3) is 0.500. The first kappa shape index (κ1) is 13.7. The molecule has 3 nitrogen and oxygen atoms in total. The Hall–Kier alpha value is -1.35. The van der Waals surface area contributed by atoms with E-state index >= 15 is 0 Å². The molecule has 0 fully saturated rings. The minimum atomic E-state index is 0.0649. The summed E-state index contributed by atoms with van der Waals surface area (Å²) in [5, 5.41) is 6.23. The number of hydrogen-bond acceptors (Lipinski definition) is 2. The average Bonchev–Trinajstić information content (AvgIpc) is 2.32. The van der Waals surface area contributed by atoms with Gasteiger partial charge >= 0.3 is 0 Å². The van der Waals surface area contributed by atoms with E-state index < -0.39 is 0 Å². The Morgan fingerprint density at radius 3 is 2.71 bits per heavy atom. The molecule has 0 saturated heterocycles. The molecule has 1 rings (SSSR count). The minimum absolute atomic E-state index is 0.0649. The van der Waals surface area contributed by atoms with Crippen LogP contribution in [0.2, 0.25) is 0 Å². The molecular weight excluding hydrogens is 212 g/mol. The first-order chi connectivity index (χ1) is 8.13. The number of carbonyl (C=O) groups is 1. The van der Waals surface area contributed by atoms with E-state index in [1.54, 1.807) is 0 Å². The van der Waals surface area contributed by atoms with Crippen LogP contribution in [0.4, 0.5) is 5.69 Å². The smallest absolute Gasteiger partial charge is 0.225 e. The topological polar surface area (TPSA) is 41.1 Å². The average molecular weight is 234 g/mol. The van der Waals surface area contributed by atoms with Crippen LogP contribution in [0.1, 0.15) is 32.3 Å². The number of para-hydroxylation sites is 1. The molecule has 0 aromatic heterocycles. The van der Waals surface area contributed by atoms with Crippen molar-refractivity contribution in [3.05, 3.63) is 29.8 Å². The molecule has 3 heteroatoms. The predicted octanol–water partition coefficient (Wildman–Crippen LogP) is 2.71. The molecule has 0 bridgehead atoms. The first-order valence-corrected chi connectivity index (χ1v) is 6.22. The van der Waals surface area contributed by atoms with E-state index in [1.807, 2.05) is 31.2 Å². The minimum Gasteiger partial charge on any atom is -0.326 e. The molecule has 1 amide bonds. The summed E-state index contributed by atoms with van der Waals surface area (Å²) in [4.78, 5) is 11.7. The molecule has 0 heterocycles. The van der Waals surface area contributed by atoms with Gasteiger partial charge in [-0.1, -0.05) is 25.1 Å². The third kappa shape index (κ3) is 5.00. The van der Waals surface area contributed by atoms with Crippen molar-refractivity contribution in [2.24, 2.45) is 0 Å². The maximum atomic E-state index is 11.7. The Labute approximate surface area is 104 Å². The van der Waals surface area contributed by atoms with Crippen LogP contribution in [0.3, 0.4) is 0 Å². The highest BCUT2D eigenvalue weighted by Crippen LogP contribution is 2.12. The van der Waals surface area contributed by atoms with E-state index in [2.05, 4.69) is 24.5 Å². The van der Waals surface area contributed by atoms with Crippen molar-refractivity contribution < 1.29 is 4.79 Å². The van der Waals surface area contributed by atoms with E-state index in [4.69, 9.17) is 0 Å². The van der Waals surface area contributed by atoms with E-state index in [-0.39, 0.29) is 5.91 Å². The largest absolute Gasteiger partial charge is 0.326 e. The number of hydrogen-bond donors (Lipinski definition) is 2. The van der Waals surface area contributed by atoms with Gasteiger partial charge in [0.05, 0.1) is 0 Å². The summed E-state index contributed by atoms with van der Waals surface area (Å²) < 4.78 is 0. The summed E-state index contributed by atoms with van der Waals surface area (Å²) in [5.74, 6) is 0.0649. The van der Waals surface area contributed by atoms with Crippen LogP contribution >= 0.6 is 0 Å². The maximum absolute atomic E-state index is 11.7. The maximum Gasteiger partial charge on any atom is 0.225 e. The lowest BCUT2D eigenvalue weighted by Gasteiger charge is -2.11. The highest BCUT2D eigenvalue weighted by atomic mass is 16.1. The molecular formula is C14H22N2O. The lowest BCUT2D eigenvalue weighted by Crippen LogP contribution is -2.29. The summed E-state index contributed by atoms with van der Waals surface area (Å²) in [6.45, 7) is 6.98. The number of rotatable bonds is 6. The van der Waals surface area contributed by atoms with Crippen LogP contribution < -0.4 is 10.6 Å². The van der Waals surface area contributed by atoms with Crippen molar-refractivity contribution in [3.8, 4) is 0 Å². The second-order valence-corrected chi connectivity index (χ2v) is 4.38. The molecule has 1 aromatic rings. The van der Waals surface area contributed by atoms with E-state index in [1.165, 1.54) is 0 Å². The molecule has 0 aliphatic rings. The van der Waals surface area contributed by atoms with Crippen molar-refractivity contribution >= 4 is 11.6 Å². The summed E-state index contributed by atoms with van der Waals surface area (Å²) in [6.07, 6.45) is 1.60. The number of carbonyl (C=O) groups excluding carboxylic acids is 1. The summed E-state index contributed by atoms with van der Waals surface area (Å²) in [5.41, 5.74) is 2.00. The summed E-state index contributed by atoms with van der Waals surface area (Å²) in [7, 11) is 0. The van der Waals surface area contributed by atoms with E-state index in [0.29, 0.717) is 12.5 Å². The molecule has 2 N–H and O–H groups in total. The van der Waals surface area contributed by atoms with Gasteiger partial charge in [-0.15, -0.1) is 0 Å². The standard InChI is InChI=1S/C14H22N2O/c1-4-12(3)15-10-9-14(17)16-13-8-6-5-7-11(13)2/h5-8,12,15H,4,9-10H2,1-3H3,(H,16,17). The molecule has 0 spiro atoms. The highest BCUT2D eigenvalue weighted by Gasteiger charge is 2.04. The van der Waals surface area contributed by atoms with E-state index in [9.17, 15) is 4.79 Å². The van der Waals surface area contributed by atoms with Gasteiger partial charge in [-0.3, -0.25) is 4.79 Å². The lowest BCUT2D eigenvalue weighted by molar-refractivity contribution is -0.116. The van der Waals surface area contributed by atoms with Crippen molar-refractivity contribution in [1.29, 1.82) is 0 Å². The number of amides is 1. The predicted molar refractivity (Wildman–Crippen MR) is 72.2 cm³/mol. The SMILES string of the molecule is CCC(C)NCCC(=O)Nc1ccccc1C. The Morgan fingerprint density at radius 1 is 1.35 bits per heavy atom. The van der Waals surface area contributed by atoms with Crippen molar-refractivity contribution in [1.82, 2.24) is 5.32 Å². The summed E-state index contributed by atoms with van der Waals surface area (Å²) >= 11 is 0.